The number of fused-ring (bicyclic) bond motifs is 4. The largest absolute Gasteiger partial charge is 0.371 e. The van der Waals surface area contributed by atoms with Crippen LogP contribution in [-0.2, 0) is 10.3 Å². The first-order chi connectivity index (χ1) is 13.8. The highest BCUT2D eigenvalue weighted by molar-refractivity contribution is 9.10. The van der Waals surface area contributed by atoms with Gasteiger partial charge in [0.1, 0.15) is 0 Å². The fourth-order valence-electron chi connectivity index (χ4n) is 6.12. The standard InChI is InChI=1S/C27H31BrO/c1-16-17(2)23-14-21(16)12-22(23)15-29-27(3,4)25-10-9-20-11-18-7-5-6-8-19(18)13-24(20)26(25)28/h5-11,13,16-17,21-23H,12,14-15H2,1-4H3. The topological polar surface area (TPSA) is 9.23 Å². The average molecular weight is 451 g/mol. The van der Waals surface area contributed by atoms with Gasteiger partial charge >= 0.3 is 0 Å². The maximum Gasteiger partial charge on any atom is 0.0886 e. The number of ether oxygens (including phenoxy) is 1. The zero-order valence-corrected chi connectivity index (χ0v) is 19.5. The Balaban J connectivity index is 1.41. The molecule has 0 amide bonds. The zero-order valence-electron chi connectivity index (χ0n) is 17.9. The van der Waals surface area contributed by atoms with Gasteiger partial charge in [0, 0.05) is 4.47 Å². The lowest BCUT2D eigenvalue weighted by atomic mass is 9.76. The van der Waals surface area contributed by atoms with Crippen molar-refractivity contribution < 1.29 is 4.74 Å². The first-order valence-electron chi connectivity index (χ1n) is 11.1. The van der Waals surface area contributed by atoms with Gasteiger partial charge in [-0.1, -0.05) is 50.2 Å². The lowest BCUT2D eigenvalue weighted by Crippen LogP contribution is -2.31. The van der Waals surface area contributed by atoms with Crippen LogP contribution in [0.3, 0.4) is 0 Å². The predicted octanol–water partition coefficient (Wildman–Crippen LogP) is 7.94. The number of rotatable bonds is 4. The van der Waals surface area contributed by atoms with E-state index in [9.17, 15) is 0 Å². The lowest BCUT2D eigenvalue weighted by Gasteiger charge is -2.35. The molecule has 1 nitrogen and oxygen atoms in total. The van der Waals surface area contributed by atoms with Crippen LogP contribution in [0.4, 0.5) is 0 Å². The normalized spacial score (nSPS) is 29.2. The summed E-state index contributed by atoms with van der Waals surface area (Å²) in [6, 6.07) is 17.6. The fourth-order valence-corrected chi connectivity index (χ4v) is 7.07. The molecule has 0 spiro atoms. The molecule has 3 aromatic rings. The Morgan fingerprint density at radius 1 is 0.931 bits per heavy atom. The lowest BCUT2D eigenvalue weighted by molar-refractivity contribution is -0.0543. The highest BCUT2D eigenvalue weighted by Gasteiger charge is 2.48. The molecule has 0 N–H and O–H groups in total. The summed E-state index contributed by atoms with van der Waals surface area (Å²) in [6.07, 6.45) is 2.78. The first kappa shape index (κ1) is 19.6. The van der Waals surface area contributed by atoms with Gasteiger partial charge in [-0.25, -0.2) is 0 Å². The second-order valence-electron chi connectivity index (χ2n) is 10.0. The van der Waals surface area contributed by atoms with E-state index in [0.29, 0.717) is 0 Å². The number of halogens is 1. The number of benzene rings is 3. The van der Waals surface area contributed by atoms with Crippen LogP contribution in [0.2, 0.25) is 0 Å². The summed E-state index contributed by atoms with van der Waals surface area (Å²) in [5.41, 5.74) is 0.930. The molecular weight excluding hydrogens is 420 g/mol. The summed E-state index contributed by atoms with van der Waals surface area (Å²) in [5, 5.41) is 5.10. The van der Waals surface area contributed by atoms with E-state index in [1.54, 1.807) is 0 Å². The smallest absolute Gasteiger partial charge is 0.0886 e. The first-order valence-corrected chi connectivity index (χ1v) is 11.9. The maximum atomic E-state index is 6.62. The molecule has 0 saturated heterocycles. The van der Waals surface area contributed by atoms with Gasteiger partial charge in [-0.2, -0.15) is 0 Å². The van der Waals surface area contributed by atoms with Crippen LogP contribution in [0.1, 0.15) is 46.1 Å². The Morgan fingerprint density at radius 2 is 1.66 bits per heavy atom. The highest BCUT2D eigenvalue weighted by atomic mass is 79.9. The number of hydrogen-bond acceptors (Lipinski definition) is 1. The van der Waals surface area contributed by atoms with Crippen molar-refractivity contribution in [3.63, 3.8) is 0 Å². The fraction of sp³-hybridized carbons (Fsp3) is 0.481. The second-order valence-corrected chi connectivity index (χ2v) is 10.8. The van der Waals surface area contributed by atoms with Crippen molar-refractivity contribution in [3.05, 3.63) is 58.6 Å². The Bertz CT molecular complexity index is 1070. The van der Waals surface area contributed by atoms with Crippen molar-refractivity contribution in [3.8, 4) is 0 Å². The molecule has 0 aliphatic heterocycles. The van der Waals surface area contributed by atoms with Crippen molar-refractivity contribution in [1.82, 2.24) is 0 Å². The molecule has 5 rings (SSSR count). The van der Waals surface area contributed by atoms with Crippen molar-refractivity contribution in [2.24, 2.45) is 29.6 Å². The molecule has 3 aromatic carbocycles. The average Bonchev–Trinajstić information content (AvgIpc) is 3.25. The van der Waals surface area contributed by atoms with Gasteiger partial charge in [0.05, 0.1) is 12.2 Å². The molecule has 5 unspecified atom stereocenters. The second kappa shape index (κ2) is 7.10. The van der Waals surface area contributed by atoms with E-state index in [1.165, 1.54) is 44.4 Å². The van der Waals surface area contributed by atoms with Crippen LogP contribution in [0, 0.1) is 29.6 Å². The zero-order chi connectivity index (χ0) is 20.3. The molecule has 2 aliphatic rings. The molecule has 2 heteroatoms. The number of hydrogen-bond donors (Lipinski definition) is 0. The van der Waals surface area contributed by atoms with Crippen LogP contribution in [-0.4, -0.2) is 6.61 Å². The Hall–Kier alpha value is -1.38. The van der Waals surface area contributed by atoms with Crippen LogP contribution < -0.4 is 0 Å². The summed E-state index contributed by atoms with van der Waals surface area (Å²) in [6.45, 7) is 10.2. The Kier molecular flexibility index (Phi) is 4.79. The van der Waals surface area contributed by atoms with E-state index in [4.69, 9.17) is 4.74 Å². The predicted molar refractivity (Wildman–Crippen MR) is 126 cm³/mol. The quantitative estimate of drug-likeness (QED) is 0.366. The molecule has 2 aliphatic carbocycles. The molecular formula is C27H31BrO. The van der Waals surface area contributed by atoms with E-state index in [1.807, 2.05) is 0 Å². The molecule has 0 heterocycles. The maximum absolute atomic E-state index is 6.62. The Labute approximate surface area is 183 Å². The molecule has 2 bridgehead atoms. The third-order valence-electron chi connectivity index (χ3n) is 8.16. The summed E-state index contributed by atoms with van der Waals surface area (Å²) >= 11 is 3.93. The van der Waals surface area contributed by atoms with Crippen molar-refractivity contribution in [2.75, 3.05) is 6.61 Å². The molecule has 29 heavy (non-hydrogen) atoms. The minimum absolute atomic E-state index is 0.310. The van der Waals surface area contributed by atoms with Crippen molar-refractivity contribution >= 4 is 37.5 Å². The van der Waals surface area contributed by atoms with E-state index in [0.717, 1.165) is 36.2 Å². The van der Waals surface area contributed by atoms with Crippen LogP contribution in [0.15, 0.2) is 53.0 Å². The summed E-state index contributed by atoms with van der Waals surface area (Å²) < 4.78 is 7.79. The van der Waals surface area contributed by atoms with Gasteiger partial charge in [0.2, 0.25) is 0 Å². The van der Waals surface area contributed by atoms with Gasteiger partial charge in [-0.3, -0.25) is 0 Å². The third-order valence-corrected chi connectivity index (χ3v) is 9.02. The summed E-state index contributed by atoms with van der Waals surface area (Å²) in [5.74, 6) is 4.26. The van der Waals surface area contributed by atoms with Crippen LogP contribution >= 0.6 is 15.9 Å². The molecule has 0 aromatic heterocycles. The minimum Gasteiger partial charge on any atom is -0.371 e. The summed E-state index contributed by atoms with van der Waals surface area (Å²) in [7, 11) is 0. The SMILES string of the molecule is CC1C2CC(COC(C)(C)c3ccc4cc5ccccc5cc4c3Br)C(C2)C1C. The molecule has 0 radical (unpaired) electrons. The third kappa shape index (κ3) is 3.24. The minimum atomic E-state index is -0.310. The van der Waals surface area contributed by atoms with E-state index < -0.39 is 0 Å². The van der Waals surface area contributed by atoms with Gasteiger partial charge < -0.3 is 4.74 Å². The van der Waals surface area contributed by atoms with Crippen molar-refractivity contribution in [2.45, 2.75) is 46.1 Å². The van der Waals surface area contributed by atoms with E-state index >= 15 is 0 Å². The van der Waals surface area contributed by atoms with E-state index in [2.05, 4.69) is 92.2 Å². The van der Waals surface area contributed by atoms with Gasteiger partial charge in [-0.15, -0.1) is 0 Å². The highest BCUT2D eigenvalue weighted by Crippen LogP contribution is 2.55. The Morgan fingerprint density at radius 3 is 2.34 bits per heavy atom. The van der Waals surface area contributed by atoms with Gasteiger partial charge in [-0.05, 0) is 111 Å². The van der Waals surface area contributed by atoms with Gasteiger partial charge in [0.15, 0.2) is 0 Å². The molecule has 2 fully saturated rings. The molecule has 2 saturated carbocycles. The van der Waals surface area contributed by atoms with E-state index in [-0.39, 0.29) is 5.60 Å². The van der Waals surface area contributed by atoms with Crippen molar-refractivity contribution in [1.29, 1.82) is 0 Å². The molecule has 5 atom stereocenters. The van der Waals surface area contributed by atoms with Gasteiger partial charge in [0.25, 0.3) is 0 Å². The summed E-state index contributed by atoms with van der Waals surface area (Å²) in [4.78, 5) is 0. The van der Waals surface area contributed by atoms with Crippen LogP contribution in [0.25, 0.3) is 21.5 Å². The molecule has 152 valence electrons. The monoisotopic (exact) mass is 450 g/mol. The van der Waals surface area contributed by atoms with Crippen LogP contribution in [0.5, 0.6) is 0 Å².